The lowest BCUT2D eigenvalue weighted by molar-refractivity contribution is -0.133. The Bertz CT molecular complexity index is 271. The lowest BCUT2D eigenvalue weighted by Crippen LogP contribution is -2.68. The average Bonchev–Trinajstić information content (AvgIpc) is 2.67. The predicted octanol–water partition coefficient (Wildman–Crippen LogP) is 0.467. The van der Waals surface area contributed by atoms with Crippen LogP contribution in [0.1, 0.15) is 39.5 Å². The smallest absolute Gasteiger partial charge is 0.239 e. The Balaban J connectivity index is 2.14. The summed E-state index contributed by atoms with van der Waals surface area (Å²) in [5.74, 6) is 0.102. The van der Waals surface area contributed by atoms with E-state index in [0.717, 1.165) is 6.54 Å². The second-order valence-electron chi connectivity index (χ2n) is 5.74. The summed E-state index contributed by atoms with van der Waals surface area (Å²) in [6, 6.07) is 0.454. The van der Waals surface area contributed by atoms with Gasteiger partial charge in [-0.1, -0.05) is 12.8 Å². The van der Waals surface area contributed by atoms with Gasteiger partial charge in [0.2, 0.25) is 5.91 Å². The van der Waals surface area contributed by atoms with Crippen LogP contribution in [-0.2, 0) is 4.79 Å². The van der Waals surface area contributed by atoms with E-state index in [9.17, 15) is 4.79 Å². The first-order valence-electron chi connectivity index (χ1n) is 6.31. The van der Waals surface area contributed by atoms with Crippen LogP contribution in [0.4, 0.5) is 0 Å². The van der Waals surface area contributed by atoms with Crippen molar-refractivity contribution in [2.24, 2.45) is 5.73 Å². The molecule has 1 aliphatic heterocycles. The zero-order valence-electron chi connectivity index (χ0n) is 10.3. The van der Waals surface area contributed by atoms with Crippen molar-refractivity contribution in [2.75, 3.05) is 13.1 Å². The maximum Gasteiger partial charge on any atom is 0.239 e. The molecule has 0 radical (unpaired) electrons. The third-order valence-corrected chi connectivity index (χ3v) is 3.76. The molecule has 2 aliphatic rings. The molecule has 0 spiro atoms. The first-order chi connectivity index (χ1) is 7.53. The van der Waals surface area contributed by atoms with Gasteiger partial charge in [0, 0.05) is 24.7 Å². The number of nitrogens with one attached hydrogen (secondary N) is 1. The van der Waals surface area contributed by atoms with E-state index in [1.54, 1.807) is 0 Å². The van der Waals surface area contributed by atoms with Crippen LogP contribution < -0.4 is 11.1 Å². The minimum atomic E-state index is -0.120. The number of amides is 1. The van der Waals surface area contributed by atoms with E-state index in [1.165, 1.54) is 25.7 Å². The van der Waals surface area contributed by atoms with Crippen LogP contribution in [0, 0.1) is 0 Å². The second kappa shape index (κ2) is 4.34. The molecule has 0 bridgehead atoms. The highest BCUT2D eigenvalue weighted by atomic mass is 16.2. The number of piperazine rings is 1. The Hall–Kier alpha value is -0.610. The quantitative estimate of drug-likeness (QED) is 0.718. The lowest BCUT2D eigenvalue weighted by atomic mass is 9.95. The SMILES string of the molecule is CC1(C)CN(C2CCCC2)C(CN)C(=O)N1. The predicted molar refractivity (Wildman–Crippen MR) is 64.0 cm³/mol. The summed E-state index contributed by atoms with van der Waals surface area (Å²) < 4.78 is 0. The van der Waals surface area contributed by atoms with Crippen LogP contribution in [0.2, 0.25) is 0 Å². The Kier molecular flexibility index (Phi) is 3.22. The van der Waals surface area contributed by atoms with Gasteiger partial charge in [0.1, 0.15) is 6.04 Å². The number of nitrogens with zero attached hydrogens (tertiary/aromatic N) is 1. The molecule has 4 heteroatoms. The molecule has 3 N–H and O–H groups in total. The van der Waals surface area contributed by atoms with Gasteiger partial charge < -0.3 is 11.1 Å². The highest BCUT2D eigenvalue weighted by molar-refractivity contribution is 5.83. The summed E-state index contributed by atoms with van der Waals surface area (Å²) in [6.45, 7) is 5.52. The van der Waals surface area contributed by atoms with Crippen LogP contribution in [0.3, 0.4) is 0 Å². The standard InChI is InChI=1S/C12H23N3O/c1-12(2)8-15(9-5-3-4-6-9)10(7-13)11(16)14-12/h9-10H,3-8,13H2,1-2H3,(H,14,16). The molecule has 4 nitrogen and oxygen atoms in total. The summed E-state index contributed by atoms with van der Waals surface area (Å²) >= 11 is 0. The minimum absolute atomic E-state index is 0.102. The topological polar surface area (TPSA) is 58.4 Å². The van der Waals surface area contributed by atoms with E-state index in [0.29, 0.717) is 12.6 Å². The molecule has 1 heterocycles. The maximum atomic E-state index is 12.0. The van der Waals surface area contributed by atoms with Gasteiger partial charge in [0.15, 0.2) is 0 Å². The van der Waals surface area contributed by atoms with E-state index in [4.69, 9.17) is 5.73 Å². The van der Waals surface area contributed by atoms with E-state index < -0.39 is 0 Å². The highest BCUT2D eigenvalue weighted by Crippen LogP contribution is 2.28. The Morgan fingerprint density at radius 2 is 2.06 bits per heavy atom. The van der Waals surface area contributed by atoms with Gasteiger partial charge in [-0.3, -0.25) is 9.69 Å². The van der Waals surface area contributed by atoms with Crippen molar-refractivity contribution >= 4 is 5.91 Å². The molecular weight excluding hydrogens is 202 g/mol. The van der Waals surface area contributed by atoms with Crippen molar-refractivity contribution in [1.82, 2.24) is 10.2 Å². The summed E-state index contributed by atoms with van der Waals surface area (Å²) in [4.78, 5) is 14.3. The van der Waals surface area contributed by atoms with E-state index in [-0.39, 0.29) is 17.5 Å². The summed E-state index contributed by atoms with van der Waals surface area (Å²) in [6.07, 6.45) is 5.03. The summed E-state index contributed by atoms with van der Waals surface area (Å²) in [5, 5.41) is 3.05. The van der Waals surface area contributed by atoms with E-state index in [1.807, 2.05) is 0 Å². The van der Waals surface area contributed by atoms with Crippen LogP contribution in [-0.4, -0.2) is 41.5 Å². The van der Waals surface area contributed by atoms with Gasteiger partial charge in [-0.25, -0.2) is 0 Å². The van der Waals surface area contributed by atoms with Gasteiger partial charge in [0.05, 0.1) is 0 Å². The molecular formula is C12H23N3O. The molecule has 0 aromatic rings. The number of carbonyl (C=O) groups excluding carboxylic acids is 1. The molecule has 92 valence electrons. The van der Waals surface area contributed by atoms with Gasteiger partial charge in [-0.2, -0.15) is 0 Å². The van der Waals surface area contributed by atoms with Crippen LogP contribution in [0.25, 0.3) is 0 Å². The van der Waals surface area contributed by atoms with Crippen molar-refractivity contribution in [3.63, 3.8) is 0 Å². The third-order valence-electron chi connectivity index (χ3n) is 3.76. The van der Waals surface area contributed by atoms with Crippen LogP contribution in [0.15, 0.2) is 0 Å². The number of nitrogens with two attached hydrogens (primary N) is 1. The zero-order valence-corrected chi connectivity index (χ0v) is 10.3. The molecule has 2 fully saturated rings. The number of carbonyl (C=O) groups is 1. The molecule has 1 unspecified atom stereocenters. The molecule has 1 saturated heterocycles. The molecule has 2 rings (SSSR count). The normalized spacial score (nSPS) is 31.7. The van der Waals surface area contributed by atoms with Gasteiger partial charge in [-0.15, -0.1) is 0 Å². The van der Waals surface area contributed by atoms with Crippen LogP contribution in [0.5, 0.6) is 0 Å². The van der Waals surface area contributed by atoms with Crippen molar-refractivity contribution in [3.8, 4) is 0 Å². The molecule has 1 amide bonds. The number of hydrogen-bond donors (Lipinski definition) is 2. The number of rotatable bonds is 2. The molecule has 0 aromatic carbocycles. The fourth-order valence-electron chi connectivity index (χ4n) is 3.04. The van der Waals surface area contributed by atoms with E-state index in [2.05, 4.69) is 24.1 Å². The zero-order chi connectivity index (χ0) is 11.8. The minimum Gasteiger partial charge on any atom is -0.349 e. The molecule has 1 saturated carbocycles. The highest BCUT2D eigenvalue weighted by Gasteiger charge is 2.41. The third kappa shape index (κ3) is 2.23. The Morgan fingerprint density at radius 1 is 1.44 bits per heavy atom. The van der Waals surface area contributed by atoms with Crippen LogP contribution >= 0.6 is 0 Å². The van der Waals surface area contributed by atoms with Gasteiger partial charge in [0.25, 0.3) is 0 Å². The van der Waals surface area contributed by atoms with Crippen molar-refractivity contribution in [2.45, 2.75) is 57.2 Å². The van der Waals surface area contributed by atoms with Crippen molar-refractivity contribution < 1.29 is 4.79 Å². The Labute approximate surface area is 97.6 Å². The number of hydrogen-bond acceptors (Lipinski definition) is 3. The summed E-state index contributed by atoms with van der Waals surface area (Å²) in [7, 11) is 0. The first kappa shape index (κ1) is 11.9. The maximum absolute atomic E-state index is 12.0. The van der Waals surface area contributed by atoms with Gasteiger partial charge >= 0.3 is 0 Å². The Morgan fingerprint density at radius 3 is 2.62 bits per heavy atom. The van der Waals surface area contributed by atoms with Gasteiger partial charge in [-0.05, 0) is 26.7 Å². The van der Waals surface area contributed by atoms with E-state index >= 15 is 0 Å². The first-order valence-corrected chi connectivity index (χ1v) is 6.31. The van der Waals surface area contributed by atoms with Crippen molar-refractivity contribution in [1.29, 1.82) is 0 Å². The van der Waals surface area contributed by atoms with Crippen molar-refractivity contribution in [3.05, 3.63) is 0 Å². The molecule has 16 heavy (non-hydrogen) atoms. The summed E-state index contributed by atoms with van der Waals surface area (Å²) in [5.41, 5.74) is 5.62. The monoisotopic (exact) mass is 225 g/mol. The largest absolute Gasteiger partial charge is 0.349 e. The molecule has 0 aromatic heterocycles. The molecule has 1 atom stereocenters. The second-order valence-corrected chi connectivity index (χ2v) is 5.74. The fourth-order valence-corrected chi connectivity index (χ4v) is 3.04. The fraction of sp³-hybridized carbons (Fsp3) is 0.917. The lowest BCUT2D eigenvalue weighted by Gasteiger charge is -2.46. The molecule has 1 aliphatic carbocycles. The average molecular weight is 225 g/mol.